The molecular formula is C14H7FN4O3. The number of nitriles is 1. The molecular weight excluding hydrogens is 291 g/mol. The predicted octanol–water partition coefficient (Wildman–Crippen LogP) is 0.314. The number of nitrogen functional groups attached to an aromatic ring is 1. The maximum atomic E-state index is 14.0. The van der Waals surface area contributed by atoms with Crippen molar-refractivity contribution in [3.05, 3.63) is 57.1 Å². The second-order valence-electron chi connectivity index (χ2n) is 4.55. The van der Waals surface area contributed by atoms with E-state index in [2.05, 4.69) is 0 Å². The first-order chi connectivity index (χ1) is 10.4. The summed E-state index contributed by atoms with van der Waals surface area (Å²) >= 11 is 0. The molecule has 0 saturated heterocycles. The van der Waals surface area contributed by atoms with E-state index in [0.29, 0.717) is 0 Å². The lowest BCUT2D eigenvalue weighted by Crippen LogP contribution is -2.24. The number of nitrogens with two attached hydrogens (primary N) is 1. The number of carbonyl (C=O) groups is 2. The van der Waals surface area contributed by atoms with Crippen molar-refractivity contribution in [2.75, 3.05) is 5.73 Å². The Labute approximate surface area is 122 Å². The molecule has 0 radical (unpaired) electrons. The molecule has 0 atom stereocenters. The second-order valence-corrected chi connectivity index (χ2v) is 4.55. The zero-order valence-corrected chi connectivity index (χ0v) is 10.9. The summed E-state index contributed by atoms with van der Waals surface area (Å²) in [7, 11) is 0. The van der Waals surface area contributed by atoms with Gasteiger partial charge in [-0.25, -0.2) is 4.39 Å². The van der Waals surface area contributed by atoms with Gasteiger partial charge in [0.05, 0.1) is 28.4 Å². The van der Waals surface area contributed by atoms with E-state index in [4.69, 9.17) is 11.0 Å². The van der Waals surface area contributed by atoms with Crippen molar-refractivity contribution in [2.24, 2.45) is 0 Å². The zero-order valence-electron chi connectivity index (χ0n) is 10.9. The average Bonchev–Trinajstić information content (AvgIpc) is 2.75. The molecule has 108 valence electrons. The second kappa shape index (κ2) is 4.53. The third kappa shape index (κ3) is 1.76. The summed E-state index contributed by atoms with van der Waals surface area (Å²) in [5, 5.41) is 10.9. The van der Waals surface area contributed by atoms with Crippen LogP contribution < -0.4 is 16.6 Å². The van der Waals surface area contributed by atoms with Gasteiger partial charge in [-0.2, -0.15) is 5.26 Å². The molecule has 0 spiro atoms. The molecule has 0 fully saturated rings. The summed E-state index contributed by atoms with van der Waals surface area (Å²) < 4.78 is 14.7. The molecule has 2 aromatic rings. The summed E-state index contributed by atoms with van der Waals surface area (Å²) in [4.78, 5) is 35.4. The molecule has 22 heavy (non-hydrogen) atoms. The Bertz CT molecular complexity index is 956. The Hall–Kier alpha value is -3.47. The molecule has 3 N–H and O–H groups in total. The van der Waals surface area contributed by atoms with Crippen molar-refractivity contribution in [1.29, 1.82) is 5.26 Å². The SMILES string of the molecule is N#Cc1ccc(F)c(-n2c(N)c3c(cc2=O)C(=O)NC3=O)c1. The van der Waals surface area contributed by atoms with E-state index in [-0.39, 0.29) is 28.2 Å². The molecule has 0 aliphatic carbocycles. The fourth-order valence-electron chi connectivity index (χ4n) is 2.28. The Morgan fingerprint density at radius 2 is 1.91 bits per heavy atom. The largest absolute Gasteiger partial charge is 0.384 e. The monoisotopic (exact) mass is 298 g/mol. The predicted molar refractivity (Wildman–Crippen MR) is 72.9 cm³/mol. The molecule has 3 rings (SSSR count). The number of nitrogens with zero attached hydrogens (tertiary/aromatic N) is 2. The van der Waals surface area contributed by atoms with Crippen molar-refractivity contribution >= 4 is 17.6 Å². The minimum absolute atomic E-state index is 0.115. The third-order valence-electron chi connectivity index (χ3n) is 3.27. The summed E-state index contributed by atoms with van der Waals surface area (Å²) in [5.74, 6) is -2.65. The van der Waals surface area contributed by atoms with Crippen LogP contribution in [-0.4, -0.2) is 16.4 Å². The Morgan fingerprint density at radius 1 is 1.18 bits per heavy atom. The number of imide groups is 1. The van der Waals surface area contributed by atoms with E-state index in [1.165, 1.54) is 6.07 Å². The van der Waals surface area contributed by atoms with Gasteiger partial charge in [0, 0.05) is 6.07 Å². The maximum absolute atomic E-state index is 14.0. The number of nitrogens with one attached hydrogen (secondary N) is 1. The highest BCUT2D eigenvalue weighted by Crippen LogP contribution is 2.24. The summed E-state index contributed by atoms with van der Waals surface area (Å²) in [6.07, 6.45) is 0. The van der Waals surface area contributed by atoms with Gasteiger partial charge >= 0.3 is 0 Å². The normalized spacial score (nSPS) is 12.7. The van der Waals surface area contributed by atoms with Crippen LogP contribution in [-0.2, 0) is 0 Å². The quantitative estimate of drug-likeness (QED) is 0.735. The lowest BCUT2D eigenvalue weighted by molar-refractivity contribution is 0.0880. The first-order valence-corrected chi connectivity index (χ1v) is 6.05. The third-order valence-corrected chi connectivity index (χ3v) is 3.27. The molecule has 1 aliphatic rings. The number of hydrogen-bond acceptors (Lipinski definition) is 5. The molecule has 0 unspecified atom stereocenters. The van der Waals surface area contributed by atoms with Crippen LogP contribution in [0.25, 0.3) is 5.69 Å². The molecule has 2 amide bonds. The Kier molecular flexibility index (Phi) is 2.78. The molecule has 1 aromatic heterocycles. The summed E-state index contributed by atoms with van der Waals surface area (Å²) in [6.45, 7) is 0. The van der Waals surface area contributed by atoms with Crippen molar-refractivity contribution in [2.45, 2.75) is 0 Å². The van der Waals surface area contributed by atoms with E-state index in [0.717, 1.165) is 22.8 Å². The van der Waals surface area contributed by atoms with Crippen LogP contribution >= 0.6 is 0 Å². The van der Waals surface area contributed by atoms with Gasteiger partial charge in [0.1, 0.15) is 11.6 Å². The average molecular weight is 298 g/mol. The molecule has 8 heteroatoms. The van der Waals surface area contributed by atoms with Gasteiger partial charge in [-0.05, 0) is 18.2 Å². The first kappa shape index (κ1) is 13.5. The molecule has 7 nitrogen and oxygen atoms in total. The molecule has 1 aliphatic heterocycles. The Balaban J connectivity index is 2.38. The fourth-order valence-corrected chi connectivity index (χ4v) is 2.28. The minimum Gasteiger partial charge on any atom is -0.384 e. The van der Waals surface area contributed by atoms with E-state index in [9.17, 15) is 18.8 Å². The van der Waals surface area contributed by atoms with E-state index in [1.54, 1.807) is 0 Å². The van der Waals surface area contributed by atoms with Crippen LogP contribution in [0.3, 0.4) is 0 Å². The number of halogens is 1. The number of anilines is 1. The van der Waals surface area contributed by atoms with Gasteiger partial charge in [0.25, 0.3) is 17.4 Å². The Morgan fingerprint density at radius 3 is 2.59 bits per heavy atom. The number of amides is 2. The number of fused-ring (bicyclic) bond motifs is 1. The minimum atomic E-state index is -0.794. The number of benzene rings is 1. The van der Waals surface area contributed by atoms with E-state index < -0.39 is 23.2 Å². The molecule has 0 bridgehead atoms. The maximum Gasteiger partial charge on any atom is 0.262 e. The summed E-state index contributed by atoms with van der Waals surface area (Å²) in [6, 6.07) is 6.11. The van der Waals surface area contributed by atoms with Gasteiger partial charge in [-0.3, -0.25) is 24.3 Å². The van der Waals surface area contributed by atoms with Crippen molar-refractivity contribution < 1.29 is 14.0 Å². The highest BCUT2D eigenvalue weighted by molar-refractivity contribution is 6.23. The van der Waals surface area contributed by atoms with Crippen LogP contribution in [0.2, 0.25) is 0 Å². The summed E-state index contributed by atoms with van der Waals surface area (Å²) in [5.41, 5.74) is 4.51. The highest BCUT2D eigenvalue weighted by atomic mass is 19.1. The zero-order chi connectivity index (χ0) is 16.0. The van der Waals surface area contributed by atoms with Gasteiger partial charge < -0.3 is 5.73 Å². The lowest BCUT2D eigenvalue weighted by atomic mass is 10.1. The highest BCUT2D eigenvalue weighted by Gasteiger charge is 2.32. The van der Waals surface area contributed by atoms with E-state index >= 15 is 0 Å². The number of pyridine rings is 1. The fraction of sp³-hybridized carbons (Fsp3) is 0. The number of rotatable bonds is 1. The smallest absolute Gasteiger partial charge is 0.262 e. The number of carbonyl (C=O) groups excluding carboxylic acids is 2. The van der Waals surface area contributed by atoms with Crippen molar-refractivity contribution in [1.82, 2.24) is 9.88 Å². The number of hydrogen-bond donors (Lipinski definition) is 2. The van der Waals surface area contributed by atoms with E-state index in [1.807, 2.05) is 11.4 Å². The van der Waals surface area contributed by atoms with Crippen LogP contribution in [0.4, 0.5) is 10.2 Å². The lowest BCUT2D eigenvalue weighted by Gasteiger charge is -2.12. The van der Waals surface area contributed by atoms with Gasteiger partial charge in [0.2, 0.25) is 0 Å². The number of aromatic nitrogens is 1. The topological polar surface area (TPSA) is 118 Å². The van der Waals surface area contributed by atoms with Crippen molar-refractivity contribution in [3.8, 4) is 11.8 Å². The van der Waals surface area contributed by atoms with Crippen LogP contribution in [0.15, 0.2) is 29.1 Å². The van der Waals surface area contributed by atoms with Crippen LogP contribution in [0.5, 0.6) is 0 Å². The molecule has 0 saturated carbocycles. The van der Waals surface area contributed by atoms with Crippen molar-refractivity contribution in [3.63, 3.8) is 0 Å². The van der Waals surface area contributed by atoms with Gasteiger partial charge in [-0.1, -0.05) is 0 Å². The van der Waals surface area contributed by atoms with Gasteiger partial charge in [0.15, 0.2) is 0 Å². The van der Waals surface area contributed by atoms with Gasteiger partial charge in [-0.15, -0.1) is 0 Å². The van der Waals surface area contributed by atoms with Crippen LogP contribution in [0, 0.1) is 17.1 Å². The molecule has 1 aromatic carbocycles. The van der Waals surface area contributed by atoms with Crippen LogP contribution in [0.1, 0.15) is 26.3 Å². The molecule has 2 heterocycles. The standard InChI is InChI=1S/C14H7FN4O3/c15-8-2-1-6(5-16)3-9(8)19-10(20)4-7-11(12(19)17)14(22)18-13(7)21/h1-4H,17H2,(H,18,21,22). The first-order valence-electron chi connectivity index (χ1n) is 6.05.